The van der Waals surface area contributed by atoms with Gasteiger partial charge in [-0.25, -0.2) is 4.39 Å². The molecule has 17 heavy (non-hydrogen) atoms. The maximum atomic E-state index is 12.9. The molecule has 2 nitrogen and oxygen atoms in total. The van der Waals surface area contributed by atoms with E-state index in [1.807, 2.05) is 0 Å². The summed E-state index contributed by atoms with van der Waals surface area (Å²) in [6.45, 7) is 1.73. The van der Waals surface area contributed by atoms with E-state index < -0.39 is 0 Å². The van der Waals surface area contributed by atoms with Crippen LogP contribution in [-0.2, 0) is 0 Å². The number of halogens is 2. The number of carbonyl (C=O) groups is 1. The Hall–Kier alpha value is -1.09. The van der Waals surface area contributed by atoms with E-state index in [1.54, 1.807) is 6.92 Å². The molecule has 1 amide bonds. The lowest BCUT2D eigenvalue weighted by atomic mass is 10.1. The van der Waals surface area contributed by atoms with E-state index in [4.69, 9.17) is 11.6 Å². The Morgan fingerprint density at radius 3 is 2.82 bits per heavy atom. The molecule has 0 spiro atoms. The molecule has 1 aromatic carbocycles. The van der Waals surface area contributed by atoms with Crippen LogP contribution in [0.25, 0.3) is 0 Å². The molecule has 2 rings (SSSR count). The topological polar surface area (TPSA) is 29.1 Å². The third kappa shape index (κ3) is 2.78. The van der Waals surface area contributed by atoms with Crippen LogP contribution in [0.3, 0.4) is 0 Å². The molecule has 92 valence electrons. The summed E-state index contributed by atoms with van der Waals surface area (Å²) < 4.78 is 12.9. The lowest BCUT2D eigenvalue weighted by Crippen LogP contribution is -2.38. The van der Waals surface area contributed by atoms with Gasteiger partial charge in [0, 0.05) is 11.6 Å². The third-order valence-corrected chi connectivity index (χ3v) is 3.70. The van der Waals surface area contributed by atoms with Gasteiger partial charge in [-0.3, -0.25) is 4.79 Å². The average molecular weight is 256 g/mol. The first kappa shape index (κ1) is 12.4. The van der Waals surface area contributed by atoms with Gasteiger partial charge in [0.1, 0.15) is 5.82 Å². The van der Waals surface area contributed by atoms with Crippen molar-refractivity contribution >= 4 is 17.5 Å². The van der Waals surface area contributed by atoms with Gasteiger partial charge in [0.05, 0.1) is 5.38 Å². The first-order valence-corrected chi connectivity index (χ1v) is 6.22. The highest BCUT2D eigenvalue weighted by molar-refractivity contribution is 6.21. The molecule has 0 heterocycles. The highest BCUT2D eigenvalue weighted by Gasteiger charge is 2.27. The first-order chi connectivity index (χ1) is 8.08. The Kier molecular flexibility index (Phi) is 3.67. The summed E-state index contributed by atoms with van der Waals surface area (Å²) in [5.41, 5.74) is 1.16. The highest BCUT2D eigenvalue weighted by atomic mass is 35.5. The molecule has 0 saturated heterocycles. The van der Waals surface area contributed by atoms with Gasteiger partial charge in [-0.2, -0.15) is 0 Å². The zero-order valence-electron chi connectivity index (χ0n) is 9.67. The number of hydrogen-bond acceptors (Lipinski definition) is 1. The number of hydrogen-bond donors (Lipinski definition) is 1. The van der Waals surface area contributed by atoms with Crippen LogP contribution < -0.4 is 5.32 Å². The number of rotatable bonds is 2. The van der Waals surface area contributed by atoms with E-state index in [2.05, 4.69) is 5.32 Å². The fraction of sp³-hybridized carbons (Fsp3) is 0.462. The van der Waals surface area contributed by atoms with Gasteiger partial charge in [0.25, 0.3) is 5.91 Å². The Morgan fingerprint density at radius 1 is 1.47 bits per heavy atom. The van der Waals surface area contributed by atoms with E-state index in [0.29, 0.717) is 11.1 Å². The normalized spacial score (nSPS) is 23.7. The monoisotopic (exact) mass is 255 g/mol. The maximum Gasteiger partial charge on any atom is 0.251 e. The molecule has 0 radical (unpaired) electrons. The molecule has 0 bridgehead atoms. The van der Waals surface area contributed by atoms with Gasteiger partial charge in [-0.05, 0) is 49.9 Å². The minimum absolute atomic E-state index is 0.0136. The smallest absolute Gasteiger partial charge is 0.251 e. The summed E-state index contributed by atoms with van der Waals surface area (Å²) in [5.74, 6) is -0.491. The summed E-state index contributed by atoms with van der Waals surface area (Å²) in [6, 6.07) is 4.21. The van der Waals surface area contributed by atoms with Crippen molar-refractivity contribution in [1.82, 2.24) is 5.32 Å². The first-order valence-electron chi connectivity index (χ1n) is 5.79. The van der Waals surface area contributed by atoms with Crippen LogP contribution in [-0.4, -0.2) is 17.3 Å². The standard InChI is InChI=1S/C13H15ClFNO/c1-8-7-9(15)5-6-10(8)13(17)16-12-4-2-3-11(12)14/h5-7,11-12H,2-4H2,1H3,(H,16,17). The van der Waals surface area contributed by atoms with Crippen molar-refractivity contribution < 1.29 is 9.18 Å². The van der Waals surface area contributed by atoms with Gasteiger partial charge >= 0.3 is 0 Å². The number of carbonyl (C=O) groups excluding carboxylic acids is 1. The quantitative estimate of drug-likeness (QED) is 0.809. The molecular formula is C13H15ClFNO. The van der Waals surface area contributed by atoms with Crippen molar-refractivity contribution in [2.45, 2.75) is 37.6 Å². The second-order valence-electron chi connectivity index (χ2n) is 4.49. The Balaban J connectivity index is 2.09. The fourth-order valence-corrected chi connectivity index (χ4v) is 2.55. The van der Waals surface area contributed by atoms with E-state index >= 15 is 0 Å². The predicted molar refractivity (Wildman–Crippen MR) is 65.9 cm³/mol. The summed E-state index contributed by atoms with van der Waals surface area (Å²) in [5, 5.41) is 2.93. The molecule has 1 aromatic rings. The molecule has 1 N–H and O–H groups in total. The zero-order chi connectivity index (χ0) is 12.4. The van der Waals surface area contributed by atoms with E-state index in [9.17, 15) is 9.18 Å². The van der Waals surface area contributed by atoms with E-state index in [0.717, 1.165) is 19.3 Å². The maximum absolute atomic E-state index is 12.9. The average Bonchev–Trinajstić information content (AvgIpc) is 2.64. The second-order valence-corrected chi connectivity index (χ2v) is 5.05. The number of alkyl halides is 1. The van der Waals surface area contributed by atoms with E-state index in [-0.39, 0.29) is 23.1 Å². The minimum Gasteiger partial charge on any atom is -0.348 e. The fourth-order valence-electron chi connectivity index (χ4n) is 2.21. The van der Waals surface area contributed by atoms with Crippen molar-refractivity contribution in [1.29, 1.82) is 0 Å². The number of nitrogens with one attached hydrogen (secondary N) is 1. The van der Waals surface area contributed by atoms with Crippen LogP contribution in [0, 0.1) is 12.7 Å². The zero-order valence-corrected chi connectivity index (χ0v) is 10.4. The second kappa shape index (κ2) is 5.05. The summed E-state index contributed by atoms with van der Waals surface area (Å²) in [7, 11) is 0. The molecule has 1 fully saturated rings. The lowest BCUT2D eigenvalue weighted by molar-refractivity contribution is 0.0937. The SMILES string of the molecule is Cc1cc(F)ccc1C(=O)NC1CCCC1Cl. The molecule has 2 atom stereocenters. The summed E-state index contributed by atoms with van der Waals surface area (Å²) >= 11 is 6.10. The number of amides is 1. The largest absolute Gasteiger partial charge is 0.348 e. The molecule has 1 aliphatic carbocycles. The summed E-state index contributed by atoms with van der Waals surface area (Å²) in [4.78, 5) is 12.0. The highest BCUT2D eigenvalue weighted by Crippen LogP contribution is 2.24. The number of benzene rings is 1. The summed E-state index contributed by atoms with van der Waals surface area (Å²) in [6.07, 6.45) is 2.90. The van der Waals surface area contributed by atoms with Gasteiger partial charge in [-0.15, -0.1) is 11.6 Å². The Labute approximate surface area is 105 Å². The van der Waals surface area contributed by atoms with Crippen LogP contribution in [0.15, 0.2) is 18.2 Å². The third-order valence-electron chi connectivity index (χ3n) is 3.18. The Morgan fingerprint density at radius 2 is 2.24 bits per heavy atom. The number of aryl methyl sites for hydroxylation is 1. The van der Waals surface area contributed by atoms with Crippen molar-refractivity contribution in [3.8, 4) is 0 Å². The van der Waals surface area contributed by atoms with Crippen LogP contribution in [0.2, 0.25) is 0 Å². The lowest BCUT2D eigenvalue weighted by Gasteiger charge is -2.16. The molecule has 4 heteroatoms. The van der Waals surface area contributed by atoms with Crippen molar-refractivity contribution in [3.05, 3.63) is 35.1 Å². The van der Waals surface area contributed by atoms with Gasteiger partial charge < -0.3 is 5.32 Å². The van der Waals surface area contributed by atoms with Gasteiger partial charge in [0.15, 0.2) is 0 Å². The molecular weight excluding hydrogens is 241 g/mol. The van der Waals surface area contributed by atoms with Gasteiger partial charge in [-0.1, -0.05) is 0 Å². The minimum atomic E-state index is -0.324. The Bertz CT molecular complexity index is 435. The molecule has 2 unspecified atom stereocenters. The molecule has 0 aromatic heterocycles. The van der Waals surface area contributed by atoms with Gasteiger partial charge in [0.2, 0.25) is 0 Å². The molecule has 0 aliphatic heterocycles. The van der Waals surface area contributed by atoms with Crippen molar-refractivity contribution in [2.24, 2.45) is 0 Å². The molecule has 1 saturated carbocycles. The van der Waals surface area contributed by atoms with Crippen molar-refractivity contribution in [2.75, 3.05) is 0 Å². The van der Waals surface area contributed by atoms with Crippen LogP contribution >= 0.6 is 11.6 Å². The van der Waals surface area contributed by atoms with Crippen LogP contribution in [0.4, 0.5) is 4.39 Å². The van der Waals surface area contributed by atoms with Crippen LogP contribution in [0.1, 0.15) is 35.2 Å². The van der Waals surface area contributed by atoms with E-state index in [1.165, 1.54) is 18.2 Å². The van der Waals surface area contributed by atoms with Crippen molar-refractivity contribution in [3.63, 3.8) is 0 Å². The predicted octanol–water partition coefficient (Wildman–Crippen LogP) is 3.02. The van der Waals surface area contributed by atoms with Crippen LogP contribution in [0.5, 0.6) is 0 Å². The molecule has 1 aliphatic rings.